The van der Waals surface area contributed by atoms with Gasteiger partial charge in [0.2, 0.25) is 5.91 Å². The normalized spacial score (nSPS) is 13.7. The van der Waals surface area contributed by atoms with E-state index < -0.39 is 12.1 Å². The quantitative estimate of drug-likeness (QED) is 0.0421. The maximum atomic E-state index is 12.4. The molecule has 0 bridgehead atoms. The number of hydrogen-bond acceptors (Lipinski definition) is 3. The van der Waals surface area contributed by atoms with Crippen LogP contribution in [0.1, 0.15) is 251 Å². The molecule has 0 aromatic heterocycles. The zero-order valence-corrected chi connectivity index (χ0v) is 42.7. The molecule has 0 aliphatic carbocycles. The van der Waals surface area contributed by atoms with Crippen LogP contribution in [0.4, 0.5) is 0 Å². The molecule has 4 heteroatoms. The average Bonchev–Trinajstić information content (AvgIpc) is 3.31. The third-order valence-electron chi connectivity index (χ3n) is 12.0. The van der Waals surface area contributed by atoms with Gasteiger partial charge in [-0.15, -0.1) is 0 Å². The number of aliphatic hydroxyl groups excluding tert-OH is 2. The molecule has 0 aromatic rings. The molecule has 0 heterocycles. The maximum Gasteiger partial charge on any atom is 0.220 e. The average molecular weight is 901 g/mol. The van der Waals surface area contributed by atoms with Gasteiger partial charge < -0.3 is 15.5 Å². The van der Waals surface area contributed by atoms with Gasteiger partial charge in [0, 0.05) is 6.42 Å². The number of carbonyl (C=O) groups excluding carboxylic acids is 1. The largest absolute Gasteiger partial charge is 0.394 e. The number of hydrogen-bond donors (Lipinski definition) is 3. The lowest BCUT2D eigenvalue weighted by Crippen LogP contribution is -2.45. The predicted molar refractivity (Wildman–Crippen MR) is 289 cm³/mol. The molecule has 0 aliphatic rings. The maximum absolute atomic E-state index is 12.4. The number of aliphatic hydroxyl groups is 2. The van der Waals surface area contributed by atoms with E-state index >= 15 is 0 Å². The van der Waals surface area contributed by atoms with Crippen LogP contribution in [0.3, 0.4) is 0 Å². The van der Waals surface area contributed by atoms with Crippen molar-refractivity contribution in [3.8, 4) is 0 Å². The van der Waals surface area contributed by atoms with E-state index in [1.165, 1.54) is 154 Å². The molecule has 0 saturated carbocycles. The number of rotatable bonds is 49. The molecule has 0 saturated heterocycles. The highest BCUT2D eigenvalue weighted by Crippen LogP contribution is 2.16. The second-order valence-electron chi connectivity index (χ2n) is 18.3. The molecule has 0 radical (unpaired) electrons. The van der Waals surface area contributed by atoms with Crippen LogP contribution in [0, 0.1) is 0 Å². The summed E-state index contributed by atoms with van der Waals surface area (Å²) in [5, 5.41) is 23.1. The second kappa shape index (κ2) is 55.4. The zero-order chi connectivity index (χ0) is 47.0. The molecular weight excluding hydrogens is 795 g/mol. The van der Waals surface area contributed by atoms with E-state index in [0.717, 1.165) is 77.0 Å². The van der Waals surface area contributed by atoms with Crippen molar-refractivity contribution in [2.24, 2.45) is 0 Å². The van der Waals surface area contributed by atoms with Crippen LogP contribution in [-0.2, 0) is 4.79 Å². The fourth-order valence-corrected chi connectivity index (χ4v) is 7.83. The Morgan fingerprint density at radius 1 is 0.385 bits per heavy atom. The monoisotopic (exact) mass is 900 g/mol. The van der Waals surface area contributed by atoms with Gasteiger partial charge in [0.05, 0.1) is 18.8 Å². The molecule has 0 aliphatic heterocycles. The van der Waals surface area contributed by atoms with Crippen LogP contribution in [0.2, 0.25) is 0 Å². The van der Waals surface area contributed by atoms with E-state index in [2.05, 4.69) is 116 Å². The number of unbranched alkanes of at least 4 members (excludes halogenated alkanes) is 26. The second-order valence-corrected chi connectivity index (χ2v) is 18.3. The van der Waals surface area contributed by atoms with Crippen molar-refractivity contribution >= 4 is 5.91 Å². The van der Waals surface area contributed by atoms with Crippen molar-refractivity contribution in [2.75, 3.05) is 6.61 Å². The number of carbonyl (C=O) groups is 1. The Morgan fingerprint density at radius 3 is 1.08 bits per heavy atom. The number of amides is 1. The summed E-state index contributed by atoms with van der Waals surface area (Å²) in [6.07, 6.45) is 84.0. The Kier molecular flexibility index (Phi) is 52.9. The van der Waals surface area contributed by atoms with Gasteiger partial charge in [-0.25, -0.2) is 0 Å². The topological polar surface area (TPSA) is 69.6 Å². The minimum Gasteiger partial charge on any atom is -0.394 e. The summed E-state index contributed by atoms with van der Waals surface area (Å²) in [7, 11) is 0. The molecule has 4 nitrogen and oxygen atoms in total. The first-order chi connectivity index (χ1) is 32.2. The molecular formula is C61H105NO3. The highest BCUT2D eigenvalue weighted by atomic mass is 16.3. The van der Waals surface area contributed by atoms with Crippen LogP contribution in [0.25, 0.3) is 0 Å². The number of nitrogens with one attached hydrogen (secondary N) is 1. The van der Waals surface area contributed by atoms with E-state index in [9.17, 15) is 15.0 Å². The molecule has 65 heavy (non-hydrogen) atoms. The summed E-state index contributed by atoms with van der Waals surface area (Å²) < 4.78 is 0. The molecule has 1 amide bonds. The van der Waals surface area contributed by atoms with Gasteiger partial charge in [0.1, 0.15) is 0 Å². The first-order valence-corrected chi connectivity index (χ1v) is 27.6. The minimum atomic E-state index is -0.895. The SMILES string of the molecule is CC/C=C\C/C=C\C/C=C\C/C=C\C/C=C\C/C=C\C/C=C\CCCC(=O)NC(CO)C(O)/C=C/CC/C=C/CCCCCCCCCCCCCCCCCCCCCCCCCC. The Labute approximate surface area is 404 Å². The molecule has 0 fully saturated rings. The van der Waals surface area contributed by atoms with E-state index in [-0.39, 0.29) is 12.5 Å². The van der Waals surface area contributed by atoms with Gasteiger partial charge >= 0.3 is 0 Å². The van der Waals surface area contributed by atoms with Crippen molar-refractivity contribution < 1.29 is 15.0 Å². The van der Waals surface area contributed by atoms with E-state index in [0.29, 0.717) is 6.42 Å². The van der Waals surface area contributed by atoms with Crippen molar-refractivity contribution in [2.45, 2.75) is 264 Å². The van der Waals surface area contributed by atoms with Crippen LogP contribution in [0.15, 0.2) is 109 Å². The number of allylic oxidation sites excluding steroid dienone is 17. The highest BCUT2D eigenvalue weighted by Gasteiger charge is 2.17. The Hall–Kier alpha value is -2.95. The van der Waals surface area contributed by atoms with Crippen molar-refractivity contribution in [1.29, 1.82) is 0 Å². The van der Waals surface area contributed by atoms with Gasteiger partial charge in [-0.1, -0.05) is 271 Å². The van der Waals surface area contributed by atoms with E-state index in [1.807, 2.05) is 6.08 Å². The molecule has 0 aromatic carbocycles. The smallest absolute Gasteiger partial charge is 0.220 e. The first-order valence-electron chi connectivity index (χ1n) is 27.6. The van der Waals surface area contributed by atoms with Gasteiger partial charge in [0.25, 0.3) is 0 Å². The van der Waals surface area contributed by atoms with Crippen molar-refractivity contribution in [1.82, 2.24) is 5.32 Å². The summed E-state index contributed by atoms with van der Waals surface area (Å²) >= 11 is 0. The summed E-state index contributed by atoms with van der Waals surface area (Å²) in [6, 6.07) is -0.679. The van der Waals surface area contributed by atoms with E-state index in [4.69, 9.17) is 0 Å². The van der Waals surface area contributed by atoms with Crippen LogP contribution in [-0.4, -0.2) is 34.9 Å². The molecule has 2 unspecified atom stereocenters. The third-order valence-corrected chi connectivity index (χ3v) is 12.0. The Bertz CT molecular complexity index is 1250. The third kappa shape index (κ3) is 51.9. The molecule has 0 spiro atoms. The summed E-state index contributed by atoms with van der Waals surface area (Å²) in [6.45, 7) is 4.17. The minimum absolute atomic E-state index is 0.134. The van der Waals surface area contributed by atoms with Crippen LogP contribution in [0.5, 0.6) is 0 Å². The Balaban J connectivity index is 3.65. The van der Waals surface area contributed by atoms with Gasteiger partial charge in [0.15, 0.2) is 0 Å². The summed E-state index contributed by atoms with van der Waals surface area (Å²) in [5.74, 6) is -0.134. The van der Waals surface area contributed by atoms with Crippen molar-refractivity contribution in [3.63, 3.8) is 0 Å². The van der Waals surface area contributed by atoms with Crippen LogP contribution < -0.4 is 5.32 Å². The summed E-state index contributed by atoms with van der Waals surface area (Å²) in [5.41, 5.74) is 0. The zero-order valence-electron chi connectivity index (χ0n) is 42.7. The molecule has 372 valence electrons. The molecule has 0 rings (SSSR count). The molecule has 2 atom stereocenters. The lowest BCUT2D eigenvalue weighted by atomic mass is 10.0. The van der Waals surface area contributed by atoms with Gasteiger partial charge in [-0.3, -0.25) is 4.79 Å². The van der Waals surface area contributed by atoms with Crippen LogP contribution >= 0.6 is 0 Å². The van der Waals surface area contributed by atoms with E-state index in [1.54, 1.807) is 6.08 Å². The summed E-state index contributed by atoms with van der Waals surface area (Å²) in [4.78, 5) is 12.4. The van der Waals surface area contributed by atoms with Gasteiger partial charge in [-0.05, 0) is 83.5 Å². The predicted octanol–water partition coefficient (Wildman–Crippen LogP) is 18.3. The molecule has 3 N–H and O–H groups in total. The van der Waals surface area contributed by atoms with Gasteiger partial charge in [-0.2, -0.15) is 0 Å². The standard InChI is InChI=1S/C61H105NO3/c1-3-5-7-9-11-13-15-17-19-21-23-25-27-28-29-30-31-32-33-35-36-38-40-42-44-46-48-50-52-54-56-60(64)59(58-63)62-61(65)57-55-53-51-49-47-45-43-41-39-37-34-26-24-22-20-18-16-14-12-10-8-6-4-2/h6,8,12,14,18,20,24,26,37,39,43,45-46,48-49,51,54,56,59-60,63-64H,3-5,7,9-11,13,15-17,19,21-23,25,27-36,38,40-42,44,47,50,52-53,55,57-58H2,1-2H3,(H,62,65)/b8-6-,14-12-,20-18-,26-24-,39-37-,45-43-,48-46+,51-49-,56-54+. The highest BCUT2D eigenvalue weighted by molar-refractivity contribution is 5.76. The lowest BCUT2D eigenvalue weighted by molar-refractivity contribution is -0.122. The Morgan fingerprint density at radius 2 is 0.692 bits per heavy atom. The first kappa shape index (κ1) is 62.1. The fourth-order valence-electron chi connectivity index (χ4n) is 7.83. The fraction of sp³-hybridized carbons (Fsp3) is 0.689. The lowest BCUT2D eigenvalue weighted by Gasteiger charge is -2.19. The van der Waals surface area contributed by atoms with Crippen molar-refractivity contribution in [3.05, 3.63) is 109 Å².